The highest BCUT2D eigenvalue weighted by Crippen LogP contribution is 2.47. The van der Waals surface area contributed by atoms with Crippen LogP contribution in [-0.2, 0) is 16.6 Å². The number of thiazole rings is 1. The smallest absolute Gasteiger partial charge is 0.222 e. The topological polar surface area (TPSA) is 33.2 Å². The Morgan fingerprint density at radius 2 is 1.97 bits per heavy atom. The fourth-order valence-corrected chi connectivity index (χ4v) is 7.44. The van der Waals surface area contributed by atoms with E-state index in [1.54, 1.807) is 23.1 Å². The molecule has 5 rings (SSSR count). The molecule has 1 aliphatic carbocycles. The Labute approximate surface area is 180 Å². The molecule has 0 N–H and O–H groups in total. The Balaban J connectivity index is 1.47. The summed E-state index contributed by atoms with van der Waals surface area (Å²) in [5.74, 6) is 0.296. The molecular weight excluding hydrogens is 396 g/mol. The minimum absolute atomic E-state index is 0.0729. The van der Waals surface area contributed by atoms with Gasteiger partial charge in [-0.3, -0.25) is 4.79 Å². The molecule has 29 heavy (non-hydrogen) atoms. The number of hydrogen-bond donors (Lipinski definition) is 0. The quantitative estimate of drug-likeness (QED) is 0.516. The van der Waals surface area contributed by atoms with Crippen LogP contribution in [0.2, 0.25) is 0 Å². The number of piperidine rings is 1. The second kappa shape index (κ2) is 6.85. The Kier molecular flexibility index (Phi) is 4.52. The van der Waals surface area contributed by atoms with Crippen molar-refractivity contribution in [1.82, 2.24) is 9.88 Å². The molecule has 3 nitrogen and oxygen atoms in total. The van der Waals surface area contributed by atoms with Gasteiger partial charge >= 0.3 is 0 Å². The van der Waals surface area contributed by atoms with Crippen molar-refractivity contribution in [3.05, 3.63) is 52.6 Å². The third kappa shape index (κ3) is 3.01. The minimum Gasteiger partial charge on any atom is -0.342 e. The Morgan fingerprint density at radius 3 is 2.76 bits per heavy atom. The molecule has 0 bridgehead atoms. The summed E-state index contributed by atoms with van der Waals surface area (Å²) in [7, 11) is 1.98. The molecule has 2 aromatic carbocycles. The molecular formula is C24H26N2OS2. The molecule has 0 unspecified atom stereocenters. The predicted molar refractivity (Wildman–Crippen MR) is 121 cm³/mol. The lowest BCUT2D eigenvalue weighted by atomic mass is 9.63. The lowest BCUT2D eigenvalue weighted by molar-refractivity contribution is -0.138. The van der Waals surface area contributed by atoms with Crippen molar-refractivity contribution in [2.75, 3.05) is 7.05 Å². The maximum Gasteiger partial charge on any atom is 0.222 e. The number of nitrogens with zero attached hydrogens (tertiary/aromatic N) is 2. The molecule has 1 aromatic heterocycles. The minimum atomic E-state index is 0.0729. The Hall–Kier alpha value is -1.85. The molecule has 0 radical (unpaired) electrons. The molecule has 1 fully saturated rings. The third-order valence-electron chi connectivity index (χ3n) is 6.96. The molecule has 2 heterocycles. The lowest BCUT2D eigenvalue weighted by Crippen LogP contribution is -2.56. The third-order valence-corrected chi connectivity index (χ3v) is 9.20. The Bertz CT molecular complexity index is 1100. The zero-order chi connectivity index (χ0) is 20.3. The van der Waals surface area contributed by atoms with Crippen LogP contribution in [0.3, 0.4) is 0 Å². The molecule has 1 saturated heterocycles. The molecule has 0 spiro atoms. The molecule has 1 aliphatic heterocycles. The van der Waals surface area contributed by atoms with Gasteiger partial charge in [-0.15, -0.1) is 11.3 Å². The monoisotopic (exact) mass is 422 g/mol. The van der Waals surface area contributed by atoms with Crippen LogP contribution in [0, 0.1) is 13.8 Å². The van der Waals surface area contributed by atoms with Gasteiger partial charge < -0.3 is 4.90 Å². The molecule has 3 aromatic rings. The summed E-state index contributed by atoms with van der Waals surface area (Å²) in [6, 6.07) is 11.6. The van der Waals surface area contributed by atoms with Crippen LogP contribution >= 0.6 is 23.1 Å². The largest absolute Gasteiger partial charge is 0.342 e. The number of carbonyl (C=O) groups excluding carboxylic acids is 1. The first-order valence-corrected chi connectivity index (χ1v) is 11.9. The van der Waals surface area contributed by atoms with Crippen LogP contribution in [0.1, 0.15) is 48.4 Å². The van der Waals surface area contributed by atoms with E-state index in [2.05, 4.69) is 51.1 Å². The number of benzene rings is 2. The van der Waals surface area contributed by atoms with Gasteiger partial charge in [-0.2, -0.15) is 0 Å². The van der Waals surface area contributed by atoms with E-state index in [1.807, 2.05) is 11.9 Å². The first-order chi connectivity index (χ1) is 13.9. The van der Waals surface area contributed by atoms with E-state index < -0.39 is 0 Å². The summed E-state index contributed by atoms with van der Waals surface area (Å²) in [5, 5.41) is 0. The highest BCUT2D eigenvalue weighted by atomic mass is 32.2. The van der Waals surface area contributed by atoms with Gasteiger partial charge in [0.2, 0.25) is 5.91 Å². The summed E-state index contributed by atoms with van der Waals surface area (Å²) in [6.45, 7) is 6.65. The van der Waals surface area contributed by atoms with Gasteiger partial charge in [0.25, 0.3) is 0 Å². The van der Waals surface area contributed by atoms with E-state index in [4.69, 9.17) is 4.98 Å². The fraction of sp³-hybridized carbons (Fsp3) is 0.417. The van der Waals surface area contributed by atoms with Gasteiger partial charge in [-0.05, 0) is 67.5 Å². The summed E-state index contributed by atoms with van der Waals surface area (Å²) < 4.78 is 2.41. The van der Waals surface area contributed by atoms with Gasteiger partial charge in [-0.1, -0.05) is 36.9 Å². The number of fused-ring (bicyclic) bond motifs is 4. The lowest BCUT2D eigenvalue weighted by Gasteiger charge is -2.50. The average molecular weight is 423 g/mol. The van der Waals surface area contributed by atoms with Crippen LogP contribution < -0.4 is 0 Å². The number of aromatic nitrogens is 1. The van der Waals surface area contributed by atoms with Gasteiger partial charge in [-0.25, -0.2) is 4.98 Å². The Morgan fingerprint density at radius 1 is 1.17 bits per heavy atom. The second-order valence-electron chi connectivity index (χ2n) is 8.75. The van der Waals surface area contributed by atoms with Crippen molar-refractivity contribution in [3.63, 3.8) is 0 Å². The van der Waals surface area contributed by atoms with E-state index in [0.29, 0.717) is 18.4 Å². The van der Waals surface area contributed by atoms with E-state index in [0.717, 1.165) is 29.1 Å². The van der Waals surface area contributed by atoms with Crippen LogP contribution in [0.4, 0.5) is 0 Å². The summed E-state index contributed by atoms with van der Waals surface area (Å²) in [4.78, 5) is 20.4. The number of aryl methyl sites for hydroxylation is 3. The van der Waals surface area contributed by atoms with Crippen LogP contribution in [0.15, 0.2) is 39.6 Å². The van der Waals surface area contributed by atoms with Gasteiger partial charge in [0, 0.05) is 29.8 Å². The normalized spacial score (nSPS) is 23.9. The average Bonchev–Trinajstić information content (AvgIpc) is 3.13. The van der Waals surface area contributed by atoms with Gasteiger partial charge in [0.1, 0.15) is 0 Å². The molecule has 1 amide bonds. The predicted octanol–water partition coefficient (Wildman–Crippen LogP) is 5.89. The molecule has 2 aliphatic rings. The van der Waals surface area contributed by atoms with E-state index >= 15 is 0 Å². The van der Waals surface area contributed by atoms with Crippen molar-refractivity contribution >= 4 is 39.2 Å². The molecule has 150 valence electrons. The van der Waals surface area contributed by atoms with Crippen molar-refractivity contribution < 1.29 is 4.79 Å². The maximum absolute atomic E-state index is 12.2. The summed E-state index contributed by atoms with van der Waals surface area (Å²) in [6.07, 6.45) is 3.71. The van der Waals surface area contributed by atoms with Crippen molar-refractivity contribution in [1.29, 1.82) is 0 Å². The molecule has 0 saturated carbocycles. The highest BCUT2D eigenvalue weighted by Gasteiger charge is 2.46. The van der Waals surface area contributed by atoms with Crippen LogP contribution in [0.5, 0.6) is 0 Å². The molecule has 2 atom stereocenters. The summed E-state index contributed by atoms with van der Waals surface area (Å²) in [5.41, 5.74) is 6.65. The van der Waals surface area contributed by atoms with Crippen molar-refractivity contribution in [2.45, 2.75) is 67.1 Å². The van der Waals surface area contributed by atoms with Crippen LogP contribution in [-0.4, -0.2) is 28.9 Å². The number of likely N-dealkylation sites (tertiary alicyclic amines) is 1. The molecule has 5 heteroatoms. The van der Waals surface area contributed by atoms with Crippen LogP contribution in [0.25, 0.3) is 10.2 Å². The first-order valence-electron chi connectivity index (χ1n) is 10.3. The number of hydrogen-bond acceptors (Lipinski definition) is 4. The van der Waals surface area contributed by atoms with Crippen molar-refractivity contribution in [2.24, 2.45) is 0 Å². The van der Waals surface area contributed by atoms with E-state index in [1.165, 1.54) is 31.8 Å². The SMILES string of the molecule is Cc1ccc(C)c2sc(Sc3ccc4c(c3)CC[C@H]3N(C)C(=O)CC[C@]43C)nc12. The number of rotatable bonds is 2. The number of likely N-dealkylation sites (N-methyl/N-ethyl adjacent to an activating group) is 1. The highest BCUT2D eigenvalue weighted by molar-refractivity contribution is 8.01. The zero-order valence-electron chi connectivity index (χ0n) is 17.4. The van der Waals surface area contributed by atoms with Gasteiger partial charge in [0.05, 0.1) is 10.2 Å². The first kappa shape index (κ1) is 19.1. The van der Waals surface area contributed by atoms with Crippen molar-refractivity contribution in [3.8, 4) is 0 Å². The zero-order valence-corrected chi connectivity index (χ0v) is 19.0. The van der Waals surface area contributed by atoms with Gasteiger partial charge in [0.15, 0.2) is 4.34 Å². The van der Waals surface area contributed by atoms with E-state index in [9.17, 15) is 4.79 Å². The maximum atomic E-state index is 12.2. The number of carbonyl (C=O) groups is 1. The second-order valence-corrected chi connectivity index (χ2v) is 11.1. The standard InChI is InChI=1S/C24H26N2OS2/c1-14-5-6-15(2)22-21(14)25-23(29-22)28-17-8-9-18-16(13-17)7-10-19-24(18,3)12-11-20(27)26(19)4/h5-6,8-9,13,19H,7,10-12H2,1-4H3/t19-,24-/m1/s1. The van der Waals surface area contributed by atoms with E-state index in [-0.39, 0.29) is 5.41 Å². The number of amides is 1. The summed E-state index contributed by atoms with van der Waals surface area (Å²) >= 11 is 3.57. The fourth-order valence-electron chi connectivity index (χ4n) is 5.21.